The van der Waals surface area contributed by atoms with E-state index in [-0.39, 0.29) is 18.6 Å². The van der Waals surface area contributed by atoms with Gasteiger partial charge in [-0.1, -0.05) is 23.8 Å². The number of fused-ring (bicyclic) bond motifs is 1. The van der Waals surface area contributed by atoms with Crippen molar-refractivity contribution < 1.29 is 19.0 Å². The van der Waals surface area contributed by atoms with Crippen molar-refractivity contribution in [2.75, 3.05) is 26.4 Å². The molecule has 27 heavy (non-hydrogen) atoms. The van der Waals surface area contributed by atoms with Gasteiger partial charge in [-0.25, -0.2) is 0 Å². The molecule has 5 heteroatoms. The molecule has 0 N–H and O–H groups in total. The summed E-state index contributed by atoms with van der Waals surface area (Å²) in [6, 6.07) is 12.0. The zero-order chi connectivity index (χ0) is 18.8. The minimum Gasteiger partial charge on any atom is -0.486 e. The van der Waals surface area contributed by atoms with Crippen molar-refractivity contribution in [2.45, 2.75) is 32.7 Å². The van der Waals surface area contributed by atoms with E-state index in [0.717, 1.165) is 47.8 Å². The van der Waals surface area contributed by atoms with Gasteiger partial charge in [0.15, 0.2) is 18.1 Å². The number of amides is 1. The molecule has 1 unspecified atom stereocenters. The highest BCUT2D eigenvalue weighted by Crippen LogP contribution is 2.38. The third-order valence-electron chi connectivity index (χ3n) is 5.21. The molecule has 2 aromatic rings. The number of carbonyl (C=O) groups is 1. The summed E-state index contributed by atoms with van der Waals surface area (Å²) in [4.78, 5) is 14.7. The van der Waals surface area contributed by atoms with Crippen LogP contribution in [0.5, 0.6) is 17.2 Å². The van der Waals surface area contributed by atoms with Crippen LogP contribution in [0.15, 0.2) is 36.4 Å². The highest BCUT2D eigenvalue weighted by molar-refractivity contribution is 5.78. The predicted octanol–water partition coefficient (Wildman–Crippen LogP) is 3.82. The van der Waals surface area contributed by atoms with Crippen molar-refractivity contribution in [1.82, 2.24) is 4.90 Å². The average molecular weight is 367 g/mol. The van der Waals surface area contributed by atoms with Gasteiger partial charge in [0.05, 0.1) is 6.04 Å². The number of nitrogens with zero attached hydrogens (tertiary/aromatic N) is 1. The van der Waals surface area contributed by atoms with Gasteiger partial charge in [0, 0.05) is 6.54 Å². The minimum absolute atomic E-state index is 0.0207. The maximum atomic E-state index is 12.8. The molecular weight excluding hydrogens is 342 g/mol. The number of ether oxygens (including phenoxy) is 3. The number of hydrogen-bond acceptors (Lipinski definition) is 4. The van der Waals surface area contributed by atoms with Crippen LogP contribution in [0.4, 0.5) is 0 Å². The zero-order valence-electron chi connectivity index (χ0n) is 15.9. The van der Waals surface area contributed by atoms with Gasteiger partial charge in [-0.15, -0.1) is 0 Å². The van der Waals surface area contributed by atoms with Crippen molar-refractivity contribution >= 4 is 5.91 Å². The lowest BCUT2D eigenvalue weighted by Crippen LogP contribution is -2.34. The van der Waals surface area contributed by atoms with Gasteiger partial charge < -0.3 is 19.1 Å². The molecule has 0 saturated carbocycles. The van der Waals surface area contributed by atoms with E-state index in [0.29, 0.717) is 13.2 Å². The SMILES string of the molecule is Cc1ccc(OCC(=O)N2CCCC2c2ccc3c(c2)OCCO3)c(C)c1. The first-order valence-electron chi connectivity index (χ1n) is 9.51. The number of hydrogen-bond donors (Lipinski definition) is 0. The van der Waals surface area contributed by atoms with Crippen molar-refractivity contribution in [3.63, 3.8) is 0 Å². The maximum absolute atomic E-state index is 12.8. The van der Waals surface area contributed by atoms with Gasteiger partial charge in [-0.05, 0) is 56.0 Å². The van der Waals surface area contributed by atoms with Gasteiger partial charge >= 0.3 is 0 Å². The molecule has 0 aromatic heterocycles. The second-order valence-electron chi connectivity index (χ2n) is 7.21. The van der Waals surface area contributed by atoms with E-state index in [2.05, 4.69) is 6.07 Å². The largest absolute Gasteiger partial charge is 0.486 e. The molecule has 142 valence electrons. The van der Waals surface area contributed by atoms with E-state index < -0.39 is 0 Å². The molecule has 2 heterocycles. The number of carbonyl (C=O) groups excluding carboxylic acids is 1. The summed E-state index contributed by atoms with van der Waals surface area (Å²) in [5.74, 6) is 2.33. The number of rotatable bonds is 4. The Labute approximate surface area is 159 Å². The Hall–Kier alpha value is -2.69. The summed E-state index contributed by atoms with van der Waals surface area (Å²) in [5, 5.41) is 0. The molecule has 1 amide bonds. The summed E-state index contributed by atoms with van der Waals surface area (Å²) >= 11 is 0. The molecule has 2 aliphatic rings. The van der Waals surface area contributed by atoms with Gasteiger partial charge in [-0.3, -0.25) is 4.79 Å². The topological polar surface area (TPSA) is 48.0 Å². The molecule has 1 atom stereocenters. The van der Waals surface area contributed by atoms with E-state index >= 15 is 0 Å². The fraction of sp³-hybridized carbons (Fsp3) is 0.409. The normalized spacial score (nSPS) is 18.4. The van der Waals surface area contributed by atoms with Crippen LogP contribution in [-0.2, 0) is 4.79 Å². The second-order valence-corrected chi connectivity index (χ2v) is 7.21. The maximum Gasteiger partial charge on any atom is 0.261 e. The van der Waals surface area contributed by atoms with Crippen LogP contribution in [0.2, 0.25) is 0 Å². The fourth-order valence-electron chi connectivity index (χ4n) is 3.86. The Balaban J connectivity index is 1.45. The van der Waals surface area contributed by atoms with E-state index in [1.54, 1.807) is 0 Å². The van der Waals surface area contributed by atoms with Crippen molar-refractivity contribution in [1.29, 1.82) is 0 Å². The second kappa shape index (κ2) is 7.51. The first-order valence-corrected chi connectivity index (χ1v) is 9.51. The lowest BCUT2D eigenvalue weighted by Gasteiger charge is -2.27. The van der Waals surface area contributed by atoms with Crippen LogP contribution in [0.25, 0.3) is 0 Å². The Bertz CT molecular complexity index is 848. The zero-order valence-corrected chi connectivity index (χ0v) is 15.9. The van der Waals surface area contributed by atoms with Crippen LogP contribution >= 0.6 is 0 Å². The summed E-state index contributed by atoms with van der Waals surface area (Å²) in [6.07, 6.45) is 1.95. The lowest BCUT2D eigenvalue weighted by atomic mass is 10.0. The molecule has 1 fully saturated rings. The van der Waals surface area contributed by atoms with Gasteiger partial charge in [-0.2, -0.15) is 0 Å². The quantitative estimate of drug-likeness (QED) is 0.824. The Morgan fingerprint density at radius 3 is 2.74 bits per heavy atom. The summed E-state index contributed by atoms with van der Waals surface area (Å²) in [5.41, 5.74) is 3.33. The third kappa shape index (κ3) is 3.72. The molecule has 2 aliphatic heterocycles. The monoisotopic (exact) mass is 367 g/mol. The number of likely N-dealkylation sites (tertiary alicyclic amines) is 1. The Morgan fingerprint density at radius 2 is 1.93 bits per heavy atom. The summed E-state index contributed by atoms with van der Waals surface area (Å²) in [7, 11) is 0. The van der Waals surface area contributed by atoms with Crippen LogP contribution in [0, 0.1) is 13.8 Å². The molecule has 4 rings (SSSR count). The molecule has 0 bridgehead atoms. The molecule has 0 aliphatic carbocycles. The van der Waals surface area contributed by atoms with Crippen LogP contribution < -0.4 is 14.2 Å². The first kappa shape index (κ1) is 17.7. The average Bonchev–Trinajstić information content (AvgIpc) is 3.16. The Morgan fingerprint density at radius 1 is 1.11 bits per heavy atom. The van der Waals surface area contributed by atoms with Crippen LogP contribution in [-0.4, -0.2) is 37.2 Å². The van der Waals surface area contributed by atoms with Crippen molar-refractivity contribution in [3.05, 3.63) is 53.1 Å². The van der Waals surface area contributed by atoms with E-state index in [4.69, 9.17) is 14.2 Å². The molecule has 2 aromatic carbocycles. The fourth-order valence-corrected chi connectivity index (χ4v) is 3.86. The van der Waals surface area contributed by atoms with E-state index in [1.165, 1.54) is 5.56 Å². The van der Waals surface area contributed by atoms with Gasteiger partial charge in [0.1, 0.15) is 19.0 Å². The van der Waals surface area contributed by atoms with Crippen molar-refractivity contribution in [3.8, 4) is 17.2 Å². The number of aryl methyl sites for hydroxylation is 2. The molecule has 1 saturated heterocycles. The van der Waals surface area contributed by atoms with Crippen LogP contribution in [0.3, 0.4) is 0 Å². The van der Waals surface area contributed by atoms with Crippen molar-refractivity contribution in [2.24, 2.45) is 0 Å². The highest BCUT2D eigenvalue weighted by Gasteiger charge is 2.31. The minimum atomic E-state index is 0.0207. The lowest BCUT2D eigenvalue weighted by molar-refractivity contribution is -0.134. The first-order chi connectivity index (χ1) is 13.1. The van der Waals surface area contributed by atoms with Gasteiger partial charge in [0.2, 0.25) is 0 Å². The standard InChI is InChI=1S/C22H25NO4/c1-15-5-7-19(16(2)12-15)27-14-22(24)23-9-3-4-18(23)17-6-8-20-21(13-17)26-11-10-25-20/h5-8,12-13,18H,3-4,9-11,14H2,1-2H3. The molecule has 0 spiro atoms. The molecule has 5 nitrogen and oxygen atoms in total. The van der Waals surface area contributed by atoms with E-state index in [1.807, 2.05) is 49.1 Å². The molecule has 0 radical (unpaired) electrons. The van der Waals surface area contributed by atoms with E-state index in [9.17, 15) is 4.79 Å². The van der Waals surface area contributed by atoms with Crippen LogP contribution in [0.1, 0.15) is 35.6 Å². The molecular formula is C22H25NO4. The Kier molecular flexibility index (Phi) is 4.92. The summed E-state index contributed by atoms with van der Waals surface area (Å²) < 4.78 is 17.1. The third-order valence-corrected chi connectivity index (χ3v) is 5.21. The smallest absolute Gasteiger partial charge is 0.261 e. The highest BCUT2D eigenvalue weighted by atomic mass is 16.6. The van der Waals surface area contributed by atoms with Gasteiger partial charge in [0.25, 0.3) is 5.91 Å². The predicted molar refractivity (Wildman–Crippen MR) is 103 cm³/mol. The number of benzene rings is 2. The summed E-state index contributed by atoms with van der Waals surface area (Å²) in [6.45, 7) is 6.01.